The number of rotatable bonds is 6. The highest BCUT2D eigenvalue weighted by atomic mass is 32.2. The molecule has 0 unspecified atom stereocenters. The van der Waals surface area contributed by atoms with Crippen LogP contribution in [0.15, 0.2) is 52.4 Å². The van der Waals surface area contributed by atoms with E-state index < -0.39 is 10.0 Å². The van der Waals surface area contributed by atoms with Crippen LogP contribution in [0.2, 0.25) is 0 Å². The van der Waals surface area contributed by atoms with Gasteiger partial charge in [0, 0.05) is 36.9 Å². The number of nitrogens with one attached hydrogen (secondary N) is 2. The Bertz CT molecular complexity index is 1010. The minimum Gasteiger partial charge on any atom is -0.350 e. The molecule has 2 N–H and O–H groups in total. The van der Waals surface area contributed by atoms with Crippen molar-refractivity contribution < 1.29 is 8.42 Å². The lowest BCUT2D eigenvalue weighted by molar-refractivity contribution is 0.502. The van der Waals surface area contributed by atoms with Gasteiger partial charge < -0.3 is 5.32 Å². The molecule has 3 aromatic heterocycles. The third kappa shape index (κ3) is 4.32. The molecule has 27 heavy (non-hydrogen) atoms. The van der Waals surface area contributed by atoms with Crippen molar-refractivity contribution in [3.63, 3.8) is 0 Å². The van der Waals surface area contributed by atoms with Crippen LogP contribution in [0.3, 0.4) is 0 Å². The van der Waals surface area contributed by atoms with Crippen LogP contribution >= 0.6 is 11.3 Å². The number of pyridine rings is 1. The van der Waals surface area contributed by atoms with Crippen LogP contribution in [0.25, 0.3) is 0 Å². The number of anilines is 1. The lowest BCUT2D eigenvalue weighted by Crippen LogP contribution is -2.38. The number of hydrogen-bond acceptors (Lipinski definition) is 7. The summed E-state index contributed by atoms with van der Waals surface area (Å²) in [5.74, 6) is 0.579. The third-order valence-corrected chi connectivity index (χ3v) is 7.32. The van der Waals surface area contributed by atoms with Gasteiger partial charge in [-0.25, -0.2) is 23.1 Å². The van der Waals surface area contributed by atoms with Gasteiger partial charge in [-0.05, 0) is 47.9 Å². The van der Waals surface area contributed by atoms with Gasteiger partial charge in [-0.2, -0.15) is 0 Å². The average molecular weight is 402 g/mol. The summed E-state index contributed by atoms with van der Waals surface area (Å²) in [6.07, 6.45) is 7.37. The van der Waals surface area contributed by atoms with Crippen molar-refractivity contribution in [1.82, 2.24) is 19.7 Å². The third-order valence-electron chi connectivity index (χ3n) is 4.41. The second-order valence-electron chi connectivity index (χ2n) is 6.37. The standard InChI is InChI=1S/C18H19N5O2S2/c24-27(25,17-4-2-8-26-17)23-15-5-6-16-14(9-15)12-21-18(22-16)20-11-13-3-1-7-19-10-13/h1-4,7-8,10,12,15,23H,5-6,9,11H2,(H,20,21,22)/t15-/m1/s1. The second kappa shape index (κ2) is 7.71. The first-order valence-electron chi connectivity index (χ1n) is 8.63. The highest BCUT2D eigenvalue weighted by Gasteiger charge is 2.26. The number of hydrogen-bond donors (Lipinski definition) is 2. The van der Waals surface area contributed by atoms with E-state index in [-0.39, 0.29) is 6.04 Å². The summed E-state index contributed by atoms with van der Waals surface area (Å²) in [5.41, 5.74) is 3.03. The molecule has 1 atom stereocenters. The zero-order valence-corrected chi connectivity index (χ0v) is 16.1. The first kappa shape index (κ1) is 18.0. The summed E-state index contributed by atoms with van der Waals surface area (Å²) in [5, 5.41) is 4.97. The van der Waals surface area contributed by atoms with Crippen molar-refractivity contribution in [1.29, 1.82) is 0 Å². The van der Waals surface area contributed by atoms with Crippen LogP contribution in [0.1, 0.15) is 23.2 Å². The van der Waals surface area contributed by atoms with Gasteiger partial charge in [-0.15, -0.1) is 11.3 Å². The summed E-state index contributed by atoms with van der Waals surface area (Å²) < 4.78 is 28.0. The van der Waals surface area contributed by atoms with Gasteiger partial charge in [-0.1, -0.05) is 12.1 Å². The van der Waals surface area contributed by atoms with Crippen molar-refractivity contribution in [2.75, 3.05) is 5.32 Å². The molecule has 1 aliphatic rings. The van der Waals surface area contributed by atoms with Crippen molar-refractivity contribution >= 4 is 27.3 Å². The maximum atomic E-state index is 12.4. The molecule has 0 bridgehead atoms. The van der Waals surface area contributed by atoms with Crippen molar-refractivity contribution in [3.05, 3.63) is 65.1 Å². The first-order chi connectivity index (χ1) is 13.1. The van der Waals surface area contributed by atoms with Gasteiger partial charge in [0.15, 0.2) is 0 Å². The molecule has 0 spiro atoms. The summed E-state index contributed by atoms with van der Waals surface area (Å²) in [4.78, 5) is 13.0. The molecule has 4 rings (SSSR count). The molecule has 3 aromatic rings. The fourth-order valence-electron chi connectivity index (χ4n) is 3.07. The Morgan fingerprint density at radius 2 is 2.15 bits per heavy atom. The van der Waals surface area contributed by atoms with Gasteiger partial charge in [0.1, 0.15) is 4.21 Å². The van der Waals surface area contributed by atoms with Gasteiger partial charge in [0.05, 0.1) is 0 Å². The maximum absolute atomic E-state index is 12.4. The first-order valence-corrected chi connectivity index (χ1v) is 11.0. The fourth-order valence-corrected chi connectivity index (χ4v) is 5.35. The molecule has 9 heteroatoms. The van der Waals surface area contributed by atoms with Crippen LogP contribution in [-0.2, 0) is 29.4 Å². The zero-order chi connectivity index (χ0) is 18.7. The molecule has 0 aromatic carbocycles. The summed E-state index contributed by atoms with van der Waals surface area (Å²) in [6, 6.07) is 7.10. The van der Waals surface area contributed by atoms with Gasteiger partial charge in [0.25, 0.3) is 0 Å². The summed E-state index contributed by atoms with van der Waals surface area (Å²) in [6.45, 7) is 0.607. The number of sulfonamides is 1. The monoisotopic (exact) mass is 401 g/mol. The smallest absolute Gasteiger partial charge is 0.250 e. The van der Waals surface area contributed by atoms with Crippen LogP contribution in [0.4, 0.5) is 5.95 Å². The second-order valence-corrected chi connectivity index (χ2v) is 9.26. The van der Waals surface area contributed by atoms with Crippen LogP contribution < -0.4 is 10.0 Å². The van der Waals surface area contributed by atoms with Gasteiger partial charge >= 0.3 is 0 Å². The van der Waals surface area contributed by atoms with E-state index in [9.17, 15) is 8.42 Å². The molecule has 0 saturated carbocycles. The van der Waals surface area contributed by atoms with E-state index in [1.165, 1.54) is 11.3 Å². The zero-order valence-electron chi connectivity index (χ0n) is 14.5. The Hall–Kier alpha value is -2.36. The minimum absolute atomic E-state index is 0.137. The van der Waals surface area contributed by atoms with E-state index in [1.54, 1.807) is 36.1 Å². The Morgan fingerprint density at radius 1 is 1.22 bits per heavy atom. The summed E-state index contributed by atoms with van der Waals surface area (Å²) in [7, 11) is -3.46. The Balaban J connectivity index is 1.40. The summed E-state index contributed by atoms with van der Waals surface area (Å²) >= 11 is 1.22. The predicted molar refractivity (Wildman–Crippen MR) is 104 cm³/mol. The maximum Gasteiger partial charge on any atom is 0.250 e. The molecule has 0 aliphatic heterocycles. The van der Waals surface area contributed by atoms with E-state index >= 15 is 0 Å². The predicted octanol–water partition coefficient (Wildman–Crippen LogP) is 2.38. The Morgan fingerprint density at radius 3 is 2.93 bits per heavy atom. The van der Waals surface area contributed by atoms with Crippen molar-refractivity contribution in [2.24, 2.45) is 0 Å². The quantitative estimate of drug-likeness (QED) is 0.658. The molecular formula is C18H19N5O2S2. The SMILES string of the molecule is O=S(=O)(N[C@@H]1CCc2nc(NCc3cccnc3)ncc2C1)c1cccs1. The molecule has 3 heterocycles. The van der Waals surface area contributed by atoms with Crippen molar-refractivity contribution in [3.8, 4) is 0 Å². The lowest BCUT2D eigenvalue weighted by atomic mass is 9.94. The van der Waals surface area contributed by atoms with Crippen LogP contribution in [-0.4, -0.2) is 29.4 Å². The normalized spacial score (nSPS) is 16.7. The number of aryl methyl sites for hydroxylation is 1. The van der Waals surface area contributed by atoms with Gasteiger partial charge in [0.2, 0.25) is 16.0 Å². The highest BCUT2D eigenvalue weighted by molar-refractivity contribution is 7.91. The Labute approximate surface area is 162 Å². The van der Waals surface area contributed by atoms with Crippen molar-refractivity contribution in [2.45, 2.75) is 36.1 Å². The molecular weight excluding hydrogens is 382 g/mol. The Kier molecular flexibility index (Phi) is 5.15. The molecule has 0 fully saturated rings. The van der Waals surface area contributed by atoms with Gasteiger partial charge in [-0.3, -0.25) is 4.98 Å². The van der Waals surface area contributed by atoms with E-state index in [0.717, 1.165) is 29.7 Å². The fraction of sp³-hybridized carbons (Fsp3) is 0.278. The average Bonchev–Trinajstić information content (AvgIpc) is 3.23. The van der Waals surface area contributed by atoms with E-state index in [4.69, 9.17) is 0 Å². The lowest BCUT2D eigenvalue weighted by Gasteiger charge is -2.24. The minimum atomic E-state index is -3.46. The molecule has 0 radical (unpaired) electrons. The van der Waals surface area contributed by atoms with Crippen LogP contribution in [0.5, 0.6) is 0 Å². The number of fused-ring (bicyclic) bond motifs is 1. The number of thiophene rings is 1. The number of nitrogens with zero attached hydrogens (tertiary/aromatic N) is 3. The largest absolute Gasteiger partial charge is 0.350 e. The topological polar surface area (TPSA) is 96.9 Å². The van der Waals surface area contributed by atoms with E-state index in [0.29, 0.717) is 23.1 Å². The van der Waals surface area contributed by atoms with Crippen LogP contribution in [0, 0.1) is 0 Å². The number of aromatic nitrogens is 3. The molecule has 140 valence electrons. The highest BCUT2D eigenvalue weighted by Crippen LogP contribution is 2.23. The molecule has 7 nitrogen and oxygen atoms in total. The van der Waals surface area contributed by atoms with E-state index in [1.807, 2.05) is 12.1 Å². The molecule has 1 aliphatic carbocycles. The molecule has 0 amide bonds. The molecule has 0 saturated heterocycles. The van der Waals surface area contributed by atoms with E-state index in [2.05, 4.69) is 25.0 Å².